The van der Waals surface area contributed by atoms with E-state index in [1.807, 2.05) is 16.8 Å². The lowest BCUT2D eigenvalue weighted by Crippen LogP contribution is -2.22. The first-order chi connectivity index (χ1) is 19.2. The summed E-state index contributed by atoms with van der Waals surface area (Å²) in [4.78, 5) is 12.0. The number of carbonyl (C=O) groups is 1. The highest BCUT2D eigenvalue weighted by Gasteiger charge is 2.30. The van der Waals surface area contributed by atoms with Crippen LogP contribution >= 0.6 is 0 Å². The van der Waals surface area contributed by atoms with E-state index in [1.165, 1.54) is 54.3 Å². The van der Waals surface area contributed by atoms with Crippen molar-refractivity contribution in [2.45, 2.75) is 64.0 Å². The number of aromatic carboxylic acids is 1. The van der Waals surface area contributed by atoms with E-state index < -0.39 is 5.97 Å². The number of tetrazole rings is 1. The lowest BCUT2D eigenvalue weighted by atomic mass is 9.81. The average Bonchev–Trinajstić information content (AvgIpc) is 3.51. The van der Waals surface area contributed by atoms with Crippen molar-refractivity contribution >= 4 is 28.5 Å². The number of carboxylic acid groups (broad SMARTS) is 1. The molecule has 3 aliphatic rings. The zero-order valence-corrected chi connectivity index (χ0v) is 22.1. The Morgan fingerprint density at radius 1 is 1.03 bits per heavy atom. The molecule has 2 aromatic heterocycles. The highest BCUT2D eigenvalue weighted by molar-refractivity contribution is 6.00. The molecule has 0 bridgehead atoms. The van der Waals surface area contributed by atoms with Gasteiger partial charge in [-0.15, -0.1) is 5.10 Å². The van der Waals surface area contributed by atoms with E-state index in [-0.39, 0.29) is 0 Å². The number of rotatable bonds is 5. The molecule has 8 heteroatoms. The molecule has 7 rings (SSSR count). The Labute approximate surface area is 227 Å². The van der Waals surface area contributed by atoms with Gasteiger partial charge in [0.2, 0.25) is 0 Å². The number of aromatic nitrogens is 5. The maximum atomic E-state index is 12.0. The number of hydrogen-bond donors (Lipinski definition) is 1. The van der Waals surface area contributed by atoms with Crippen molar-refractivity contribution in [3.05, 3.63) is 65.0 Å². The minimum absolute atomic E-state index is 0.311. The van der Waals surface area contributed by atoms with Gasteiger partial charge in [-0.1, -0.05) is 49.6 Å². The number of allylic oxidation sites excluding steroid dienone is 1. The van der Waals surface area contributed by atoms with E-state index in [0.717, 1.165) is 55.1 Å². The summed E-state index contributed by atoms with van der Waals surface area (Å²) in [6, 6.07) is 14.2. The molecule has 2 aromatic carbocycles. The van der Waals surface area contributed by atoms with E-state index in [0.29, 0.717) is 23.9 Å². The van der Waals surface area contributed by atoms with E-state index in [1.54, 1.807) is 6.07 Å². The maximum absolute atomic E-state index is 12.0. The number of nitrogens with zero attached hydrogens (tertiary/aromatic N) is 5. The fourth-order valence-electron chi connectivity index (χ4n) is 6.88. The summed E-state index contributed by atoms with van der Waals surface area (Å²) in [6.07, 6.45) is 10.3. The zero-order chi connectivity index (χ0) is 26.3. The average molecular weight is 524 g/mol. The lowest BCUT2D eigenvalue weighted by molar-refractivity contribution is 0.0598. The minimum atomic E-state index is -0.906. The second kappa shape index (κ2) is 10.1. The molecule has 0 atom stereocenters. The topological polar surface area (TPSA) is 95.1 Å². The molecule has 1 saturated carbocycles. The van der Waals surface area contributed by atoms with Crippen LogP contribution in [0.1, 0.15) is 78.2 Å². The smallest absolute Gasteiger partial charge is 0.335 e. The molecule has 2 fully saturated rings. The maximum Gasteiger partial charge on any atom is 0.335 e. The Balaban J connectivity index is 1.42. The summed E-state index contributed by atoms with van der Waals surface area (Å²) in [5.41, 5.74) is 7.22. The lowest BCUT2D eigenvalue weighted by Gasteiger charge is -2.24. The highest BCUT2D eigenvalue weighted by Crippen LogP contribution is 2.47. The summed E-state index contributed by atoms with van der Waals surface area (Å²) in [6.45, 7) is 2.91. The quantitative estimate of drug-likeness (QED) is 0.344. The predicted molar refractivity (Wildman–Crippen MR) is 149 cm³/mol. The first kappa shape index (κ1) is 24.3. The fourth-order valence-corrected chi connectivity index (χ4v) is 6.88. The summed E-state index contributed by atoms with van der Waals surface area (Å²) in [5.74, 6) is 0.816. The van der Waals surface area contributed by atoms with Crippen molar-refractivity contribution in [2.24, 2.45) is 5.92 Å². The van der Waals surface area contributed by atoms with Crippen LogP contribution in [0.3, 0.4) is 0 Å². The molecule has 4 aromatic rings. The largest absolute Gasteiger partial charge is 0.478 e. The first-order valence-corrected chi connectivity index (χ1v) is 14.2. The monoisotopic (exact) mass is 523 g/mol. The molecular formula is C31H33N5O3. The van der Waals surface area contributed by atoms with Crippen molar-refractivity contribution in [1.29, 1.82) is 0 Å². The van der Waals surface area contributed by atoms with E-state index >= 15 is 0 Å². The van der Waals surface area contributed by atoms with Crippen LogP contribution in [-0.2, 0) is 17.8 Å². The Morgan fingerprint density at radius 3 is 2.67 bits per heavy atom. The van der Waals surface area contributed by atoms with Crippen LogP contribution in [0.15, 0.2) is 42.5 Å². The minimum Gasteiger partial charge on any atom is -0.478 e. The Bertz CT molecular complexity index is 1570. The predicted octanol–water partition coefficient (Wildman–Crippen LogP) is 6.02. The molecule has 39 heavy (non-hydrogen) atoms. The number of ether oxygens (including phenoxy) is 1. The highest BCUT2D eigenvalue weighted by atomic mass is 16.5. The molecular weight excluding hydrogens is 490 g/mol. The van der Waals surface area contributed by atoms with E-state index in [9.17, 15) is 9.90 Å². The standard InChI is InChI=1S/C31H33N5O3/c37-31(38)23-10-11-26-27(17-23)35-19-24(30-32-33-34-36(30)18-20-12-14-39-15-13-20)16-22-8-4-5-9-25(22)29(35)28(26)21-6-2-1-3-7-21/h4-5,8-11,16-17,20-21H,1-3,6-7,12-15,18-19H2,(H,37,38). The van der Waals surface area contributed by atoms with Gasteiger partial charge in [0.05, 0.1) is 17.8 Å². The van der Waals surface area contributed by atoms with Gasteiger partial charge in [-0.25, -0.2) is 9.48 Å². The third-order valence-electron chi connectivity index (χ3n) is 8.83. The van der Waals surface area contributed by atoms with E-state index in [4.69, 9.17) is 4.74 Å². The SMILES string of the molecule is O=C(O)c1ccc2c(C3CCCCC3)c3n(c2c1)CC(c1nnnn1CC1CCOCC1)=Cc1ccccc1-3. The van der Waals surface area contributed by atoms with Crippen molar-refractivity contribution in [2.75, 3.05) is 13.2 Å². The first-order valence-electron chi connectivity index (χ1n) is 14.2. The van der Waals surface area contributed by atoms with Gasteiger partial charge in [-0.2, -0.15) is 0 Å². The Kier molecular flexibility index (Phi) is 6.27. The van der Waals surface area contributed by atoms with Gasteiger partial charge in [0.25, 0.3) is 0 Å². The number of benzene rings is 2. The normalized spacial score (nSPS) is 18.4. The van der Waals surface area contributed by atoms with Gasteiger partial charge in [-0.3, -0.25) is 0 Å². The molecule has 200 valence electrons. The van der Waals surface area contributed by atoms with Crippen LogP contribution in [0.25, 0.3) is 33.8 Å². The van der Waals surface area contributed by atoms with Crippen LogP contribution < -0.4 is 0 Å². The third kappa shape index (κ3) is 4.36. The Morgan fingerprint density at radius 2 is 1.85 bits per heavy atom. The molecule has 0 unspecified atom stereocenters. The number of hydrogen-bond acceptors (Lipinski definition) is 5. The third-order valence-corrected chi connectivity index (χ3v) is 8.83. The molecule has 8 nitrogen and oxygen atoms in total. The van der Waals surface area contributed by atoms with Gasteiger partial charge in [0.1, 0.15) is 0 Å². The second-order valence-corrected chi connectivity index (χ2v) is 11.2. The number of fused-ring (bicyclic) bond motifs is 5. The van der Waals surface area contributed by atoms with Gasteiger partial charge < -0.3 is 14.4 Å². The van der Waals surface area contributed by atoms with Gasteiger partial charge in [0, 0.05) is 41.8 Å². The van der Waals surface area contributed by atoms with Crippen molar-refractivity contribution in [1.82, 2.24) is 24.8 Å². The molecule has 1 N–H and O–H groups in total. The molecule has 4 heterocycles. The van der Waals surface area contributed by atoms with Crippen molar-refractivity contribution in [3.63, 3.8) is 0 Å². The van der Waals surface area contributed by atoms with Crippen LogP contribution in [0.4, 0.5) is 0 Å². The van der Waals surface area contributed by atoms with Crippen LogP contribution in [0, 0.1) is 5.92 Å². The van der Waals surface area contributed by atoms with Crippen LogP contribution in [0.2, 0.25) is 0 Å². The van der Waals surface area contributed by atoms with Crippen LogP contribution in [0.5, 0.6) is 0 Å². The van der Waals surface area contributed by atoms with Crippen LogP contribution in [-0.4, -0.2) is 49.1 Å². The summed E-state index contributed by atoms with van der Waals surface area (Å²) >= 11 is 0. The van der Waals surface area contributed by atoms with Gasteiger partial charge in [-0.05, 0) is 77.3 Å². The molecule has 0 radical (unpaired) electrons. The number of carboxylic acids is 1. The summed E-state index contributed by atoms with van der Waals surface area (Å²) in [7, 11) is 0. The van der Waals surface area contributed by atoms with Gasteiger partial charge in [0.15, 0.2) is 5.82 Å². The summed E-state index contributed by atoms with van der Waals surface area (Å²) < 4.78 is 9.84. The zero-order valence-electron chi connectivity index (χ0n) is 22.1. The summed E-state index contributed by atoms with van der Waals surface area (Å²) in [5, 5.41) is 24.0. The molecule has 0 spiro atoms. The molecule has 0 amide bonds. The van der Waals surface area contributed by atoms with E-state index in [2.05, 4.69) is 50.4 Å². The van der Waals surface area contributed by atoms with Gasteiger partial charge >= 0.3 is 5.97 Å². The molecule has 1 aliphatic carbocycles. The molecule has 1 saturated heterocycles. The Hall–Kier alpha value is -3.78. The van der Waals surface area contributed by atoms with Crippen molar-refractivity contribution in [3.8, 4) is 11.3 Å². The molecule has 2 aliphatic heterocycles. The second-order valence-electron chi connectivity index (χ2n) is 11.2. The fraction of sp³-hybridized carbons (Fsp3) is 0.419. The van der Waals surface area contributed by atoms with Crippen molar-refractivity contribution < 1.29 is 14.6 Å².